The predicted octanol–water partition coefficient (Wildman–Crippen LogP) is 2.28. The second-order valence-electron chi connectivity index (χ2n) is 6.57. The Balaban J connectivity index is 1.69. The molecule has 0 aromatic carbocycles. The Bertz CT molecular complexity index is 1090. The predicted molar refractivity (Wildman–Crippen MR) is 95.3 cm³/mol. The number of amides is 1. The Labute approximate surface area is 157 Å². The number of aryl methyl sites for hydroxylation is 3. The maximum Gasteiger partial charge on any atom is 0.408 e. The minimum Gasteiger partial charge on any atom is -0.309 e. The number of fused-ring (bicyclic) bond motifs is 1. The van der Waals surface area contributed by atoms with E-state index in [1.807, 2.05) is 6.92 Å². The lowest BCUT2D eigenvalue weighted by Gasteiger charge is -2.11. The molecule has 0 fully saturated rings. The van der Waals surface area contributed by atoms with Crippen molar-refractivity contribution in [3.05, 3.63) is 45.1 Å². The number of nitrogens with one attached hydrogen (secondary N) is 2. The SMILES string of the molecule is Cc1nc2cc(=O)[nH]n2c(C)c1CCC(=O)Nc1cc(C)n(CC(F)(F)F)n1. The van der Waals surface area contributed by atoms with Gasteiger partial charge < -0.3 is 5.32 Å². The Hall–Kier alpha value is -3.11. The lowest BCUT2D eigenvalue weighted by Crippen LogP contribution is -2.20. The van der Waals surface area contributed by atoms with E-state index in [1.165, 1.54) is 19.1 Å². The highest BCUT2D eigenvalue weighted by atomic mass is 19.4. The number of aromatic amines is 1. The summed E-state index contributed by atoms with van der Waals surface area (Å²) in [5.41, 5.74) is 2.81. The van der Waals surface area contributed by atoms with Crippen molar-refractivity contribution in [1.82, 2.24) is 24.4 Å². The maximum absolute atomic E-state index is 12.5. The van der Waals surface area contributed by atoms with Gasteiger partial charge in [0.05, 0.1) is 0 Å². The van der Waals surface area contributed by atoms with Gasteiger partial charge in [-0.25, -0.2) is 9.50 Å². The van der Waals surface area contributed by atoms with Crippen LogP contribution in [0.15, 0.2) is 16.9 Å². The molecule has 0 aliphatic heterocycles. The molecule has 0 aliphatic rings. The van der Waals surface area contributed by atoms with Crippen molar-refractivity contribution in [2.75, 3.05) is 5.32 Å². The van der Waals surface area contributed by atoms with E-state index in [0.717, 1.165) is 15.9 Å². The molecule has 2 N–H and O–H groups in total. The fourth-order valence-electron chi connectivity index (χ4n) is 3.06. The second-order valence-corrected chi connectivity index (χ2v) is 6.57. The van der Waals surface area contributed by atoms with Crippen LogP contribution in [-0.4, -0.2) is 36.5 Å². The number of carbonyl (C=O) groups excluding carboxylic acids is 1. The zero-order valence-electron chi connectivity index (χ0n) is 15.5. The van der Waals surface area contributed by atoms with Crippen LogP contribution in [0.25, 0.3) is 5.65 Å². The maximum atomic E-state index is 12.5. The van der Waals surface area contributed by atoms with Crippen LogP contribution in [0.4, 0.5) is 19.0 Å². The van der Waals surface area contributed by atoms with Gasteiger partial charge in [0.1, 0.15) is 6.54 Å². The standard InChI is InChI=1S/C17H19F3N6O2/c1-9-6-13(23-25(9)8-17(18,19)20)22-15(27)5-4-12-10(2)21-14-7-16(28)24-26(14)11(12)3/h6-7H,4-5,8H2,1-3H3,(H,24,28)(H,22,23,27). The lowest BCUT2D eigenvalue weighted by molar-refractivity contribution is -0.142. The van der Waals surface area contributed by atoms with E-state index >= 15 is 0 Å². The summed E-state index contributed by atoms with van der Waals surface area (Å²) in [5.74, 6) is -0.305. The highest BCUT2D eigenvalue weighted by Gasteiger charge is 2.29. The third-order valence-electron chi connectivity index (χ3n) is 4.38. The van der Waals surface area contributed by atoms with Crippen LogP contribution in [0, 0.1) is 20.8 Å². The second kappa shape index (κ2) is 7.13. The molecule has 150 valence electrons. The smallest absolute Gasteiger partial charge is 0.309 e. The first kappa shape index (κ1) is 19.6. The molecule has 0 spiro atoms. The molecule has 11 heteroatoms. The minimum absolute atomic E-state index is 0.0727. The number of hydrogen-bond donors (Lipinski definition) is 2. The molecule has 0 aliphatic carbocycles. The van der Waals surface area contributed by atoms with Crippen molar-refractivity contribution in [2.24, 2.45) is 0 Å². The molecule has 3 aromatic rings. The van der Waals surface area contributed by atoms with E-state index in [9.17, 15) is 22.8 Å². The van der Waals surface area contributed by atoms with Crippen molar-refractivity contribution < 1.29 is 18.0 Å². The molecule has 0 saturated carbocycles. The van der Waals surface area contributed by atoms with Crippen LogP contribution in [0.3, 0.4) is 0 Å². The minimum atomic E-state index is -4.39. The summed E-state index contributed by atoms with van der Waals surface area (Å²) in [5, 5.41) is 8.94. The van der Waals surface area contributed by atoms with Gasteiger partial charge in [0.25, 0.3) is 5.56 Å². The van der Waals surface area contributed by atoms with Crippen LogP contribution in [0.2, 0.25) is 0 Å². The Morgan fingerprint density at radius 1 is 1.25 bits per heavy atom. The number of nitrogens with zero attached hydrogens (tertiary/aromatic N) is 4. The molecular weight excluding hydrogens is 377 g/mol. The molecule has 1 amide bonds. The summed E-state index contributed by atoms with van der Waals surface area (Å²) in [4.78, 5) is 28.0. The summed E-state index contributed by atoms with van der Waals surface area (Å²) in [6, 6.07) is 2.77. The van der Waals surface area contributed by atoms with E-state index in [0.29, 0.717) is 23.5 Å². The van der Waals surface area contributed by atoms with Gasteiger partial charge in [0, 0.05) is 35.6 Å². The van der Waals surface area contributed by atoms with Gasteiger partial charge in [-0.2, -0.15) is 18.3 Å². The van der Waals surface area contributed by atoms with Crippen molar-refractivity contribution in [3.8, 4) is 0 Å². The molecule has 3 heterocycles. The van der Waals surface area contributed by atoms with E-state index < -0.39 is 12.7 Å². The average Bonchev–Trinajstić information content (AvgIpc) is 3.08. The number of H-pyrrole nitrogens is 1. The first-order valence-electron chi connectivity index (χ1n) is 8.52. The van der Waals surface area contributed by atoms with Gasteiger partial charge in [0.15, 0.2) is 11.5 Å². The third-order valence-corrected chi connectivity index (χ3v) is 4.38. The van der Waals surface area contributed by atoms with Crippen LogP contribution < -0.4 is 10.9 Å². The van der Waals surface area contributed by atoms with Crippen molar-refractivity contribution in [1.29, 1.82) is 0 Å². The molecule has 0 radical (unpaired) electrons. The summed E-state index contributed by atoms with van der Waals surface area (Å²) in [7, 11) is 0. The molecule has 0 bridgehead atoms. The molecule has 28 heavy (non-hydrogen) atoms. The zero-order valence-corrected chi connectivity index (χ0v) is 15.5. The van der Waals surface area contributed by atoms with E-state index in [-0.39, 0.29) is 23.7 Å². The van der Waals surface area contributed by atoms with E-state index in [1.54, 1.807) is 11.4 Å². The average molecular weight is 396 g/mol. The number of rotatable bonds is 5. The molecular formula is C17H19F3N6O2. The van der Waals surface area contributed by atoms with Crippen LogP contribution in [0.1, 0.15) is 29.1 Å². The van der Waals surface area contributed by atoms with Crippen molar-refractivity contribution in [2.45, 2.75) is 46.3 Å². The number of alkyl halides is 3. The number of carbonyl (C=O) groups is 1. The van der Waals surface area contributed by atoms with Crippen molar-refractivity contribution >= 4 is 17.4 Å². The number of hydrogen-bond acceptors (Lipinski definition) is 4. The van der Waals surface area contributed by atoms with Crippen LogP contribution in [0.5, 0.6) is 0 Å². The zero-order chi connectivity index (χ0) is 20.6. The van der Waals surface area contributed by atoms with E-state index in [4.69, 9.17) is 0 Å². The van der Waals surface area contributed by atoms with E-state index in [2.05, 4.69) is 20.5 Å². The van der Waals surface area contributed by atoms with Gasteiger partial charge >= 0.3 is 6.18 Å². The van der Waals surface area contributed by atoms with Gasteiger partial charge in [-0.05, 0) is 32.8 Å². The van der Waals surface area contributed by atoms with Crippen molar-refractivity contribution in [3.63, 3.8) is 0 Å². The molecule has 0 atom stereocenters. The quantitative estimate of drug-likeness (QED) is 0.691. The first-order valence-corrected chi connectivity index (χ1v) is 8.52. The van der Waals surface area contributed by atoms with Gasteiger partial charge in [-0.15, -0.1) is 0 Å². The Morgan fingerprint density at radius 3 is 2.64 bits per heavy atom. The fourth-order valence-corrected chi connectivity index (χ4v) is 3.06. The summed E-state index contributed by atoms with van der Waals surface area (Å²) >= 11 is 0. The third kappa shape index (κ3) is 4.24. The van der Waals surface area contributed by atoms with Crippen LogP contribution in [-0.2, 0) is 17.8 Å². The summed E-state index contributed by atoms with van der Waals surface area (Å²) < 4.78 is 39.9. The van der Waals surface area contributed by atoms with Gasteiger partial charge in [-0.3, -0.25) is 19.4 Å². The first-order chi connectivity index (χ1) is 13.0. The Kier molecular flexibility index (Phi) is 5.01. The summed E-state index contributed by atoms with van der Waals surface area (Å²) in [6.07, 6.45) is -3.95. The Morgan fingerprint density at radius 2 is 1.96 bits per heavy atom. The molecule has 0 saturated heterocycles. The highest BCUT2D eigenvalue weighted by Crippen LogP contribution is 2.20. The number of halogens is 3. The number of anilines is 1. The summed E-state index contributed by atoms with van der Waals surface area (Å²) in [6.45, 7) is 3.88. The molecule has 8 nitrogen and oxygen atoms in total. The normalized spacial score (nSPS) is 11.9. The molecule has 3 aromatic heterocycles. The largest absolute Gasteiger partial charge is 0.408 e. The monoisotopic (exact) mass is 396 g/mol. The van der Waals surface area contributed by atoms with Gasteiger partial charge in [0.2, 0.25) is 5.91 Å². The lowest BCUT2D eigenvalue weighted by atomic mass is 10.1. The highest BCUT2D eigenvalue weighted by molar-refractivity contribution is 5.89. The van der Waals surface area contributed by atoms with Crippen LogP contribution >= 0.6 is 0 Å². The molecule has 0 unspecified atom stereocenters. The fraction of sp³-hybridized carbons (Fsp3) is 0.412. The van der Waals surface area contributed by atoms with Gasteiger partial charge in [-0.1, -0.05) is 0 Å². The topological polar surface area (TPSA) is 97.1 Å². The molecule has 3 rings (SSSR count). The number of aromatic nitrogens is 5.